The van der Waals surface area contributed by atoms with E-state index in [4.69, 9.17) is 16.3 Å². The molecule has 0 fully saturated rings. The van der Waals surface area contributed by atoms with Crippen LogP contribution in [0.25, 0.3) is 0 Å². The van der Waals surface area contributed by atoms with Gasteiger partial charge in [0.15, 0.2) is 11.5 Å². The number of rotatable bonds is 6. The highest BCUT2D eigenvalue weighted by atomic mass is 35.5. The first-order valence-electron chi connectivity index (χ1n) is 6.60. The number of benzene rings is 1. The van der Waals surface area contributed by atoms with Crippen LogP contribution in [0, 0.1) is 5.92 Å². The summed E-state index contributed by atoms with van der Waals surface area (Å²) < 4.78 is 5.12. The van der Waals surface area contributed by atoms with E-state index in [1.165, 1.54) is 7.11 Å². The molecule has 0 spiro atoms. The van der Waals surface area contributed by atoms with Crippen molar-refractivity contribution in [1.29, 1.82) is 0 Å². The molecule has 1 N–H and O–H groups in total. The fourth-order valence-electron chi connectivity index (χ4n) is 2.18. The monoisotopic (exact) mass is 285 g/mol. The van der Waals surface area contributed by atoms with Crippen LogP contribution in [-0.2, 0) is 6.54 Å². The molecule has 0 aliphatic heterocycles. The molecule has 1 aromatic carbocycles. The maximum atomic E-state index is 9.71. The second-order valence-corrected chi connectivity index (χ2v) is 5.93. The Morgan fingerprint density at radius 1 is 1.32 bits per heavy atom. The number of aromatic hydroxyl groups is 1. The smallest absolute Gasteiger partial charge is 0.176 e. The summed E-state index contributed by atoms with van der Waals surface area (Å²) in [5, 5.41) is 10.0. The zero-order valence-corrected chi connectivity index (χ0v) is 13.2. The molecule has 0 saturated carbocycles. The Labute approximate surface area is 121 Å². The van der Waals surface area contributed by atoms with Gasteiger partial charge in [0.1, 0.15) is 0 Å². The molecule has 0 radical (unpaired) electrons. The summed E-state index contributed by atoms with van der Waals surface area (Å²) in [7, 11) is 3.63. The first-order valence-corrected chi connectivity index (χ1v) is 6.98. The van der Waals surface area contributed by atoms with Gasteiger partial charge in [-0.25, -0.2) is 0 Å². The van der Waals surface area contributed by atoms with E-state index in [0.29, 0.717) is 22.7 Å². The Hall–Kier alpha value is -0.930. The van der Waals surface area contributed by atoms with E-state index in [-0.39, 0.29) is 5.75 Å². The molecule has 0 aliphatic rings. The number of ether oxygens (including phenoxy) is 1. The van der Waals surface area contributed by atoms with Crippen LogP contribution in [0.5, 0.6) is 11.5 Å². The molecule has 19 heavy (non-hydrogen) atoms. The lowest BCUT2D eigenvalue weighted by atomic mass is 10.0. The molecule has 0 bridgehead atoms. The normalized spacial score (nSPS) is 13.1. The molecule has 1 unspecified atom stereocenters. The second-order valence-electron chi connectivity index (χ2n) is 5.52. The SMILES string of the molecule is COc1cc(CN(C)C(C)CC(C)C)cc(Cl)c1O. The van der Waals surface area contributed by atoms with Gasteiger partial charge in [0, 0.05) is 12.6 Å². The molecule has 108 valence electrons. The Balaban J connectivity index is 2.79. The van der Waals surface area contributed by atoms with Crippen molar-refractivity contribution >= 4 is 11.6 Å². The van der Waals surface area contributed by atoms with Crippen LogP contribution in [0.15, 0.2) is 12.1 Å². The maximum absolute atomic E-state index is 9.71. The summed E-state index contributed by atoms with van der Waals surface area (Å²) in [4.78, 5) is 2.28. The van der Waals surface area contributed by atoms with Crippen molar-refractivity contribution in [3.05, 3.63) is 22.7 Å². The Morgan fingerprint density at radius 3 is 2.47 bits per heavy atom. The Morgan fingerprint density at radius 2 is 1.95 bits per heavy atom. The Kier molecular flexibility index (Phi) is 5.95. The predicted octanol–water partition coefficient (Wildman–Crippen LogP) is 3.92. The quantitative estimate of drug-likeness (QED) is 0.860. The van der Waals surface area contributed by atoms with Crippen LogP contribution in [0.2, 0.25) is 5.02 Å². The number of nitrogens with zero attached hydrogens (tertiary/aromatic N) is 1. The van der Waals surface area contributed by atoms with Crippen LogP contribution in [0.1, 0.15) is 32.8 Å². The molecule has 3 nitrogen and oxygen atoms in total. The third-order valence-corrected chi connectivity index (χ3v) is 3.59. The van der Waals surface area contributed by atoms with Crippen LogP contribution < -0.4 is 4.74 Å². The third-order valence-electron chi connectivity index (χ3n) is 3.31. The first-order chi connectivity index (χ1) is 8.85. The molecular weight excluding hydrogens is 262 g/mol. The standard InChI is InChI=1S/C15H24ClNO2/c1-10(2)6-11(3)17(4)9-12-7-13(16)15(18)14(8-12)19-5/h7-8,10-11,18H,6,9H2,1-5H3. The summed E-state index contributed by atoms with van der Waals surface area (Å²) in [6, 6.07) is 4.12. The van der Waals surface area contributed by atoms with E-state index < -0.39 is 0 Å². The average Bonchev–Trinajstić information content (AvgIpc) is 2.32. The largest absolute Gasteiger partial charge is 0.503 e. The predicted molar refractivity (Wildman–Crippen MR) is 80.1 cm³/mol. The number of hydrogen-bond donors (Lipinski definition) is 1. The summed E-state index contributed by atoms with van der Waals surface area (Å²) in [6.07, 6.45) is 1.15. The topological polar surface area (TPSA) is 32.7 Å². The van der Waals surface area contributed by atoms with Crippen molar-refractivity contribution in [2.75, 3.05) is 14.2 Å². The number of phenols is 1. The van der Waals surface area contributed by atoms with Gasteiger partial charge in [0.05, 0.1) is 12.1 Å². The summed E-state index contributed by atoms with van der Waals surface area (Å²) in [6.45, 7) is 7.46. The lowest BCUT2D eigenvalue weighted by molar-refractivity contribution is 0.220. The number of phenolic OH excluding ortho intramolecular Hbond substituents is 1. The first kappa shape index (κ1) is 16.1. The minimum absolute atomic E-state index is 0.00537. The lowest BCUT2D eigenvalue weighted by Gasteiger charge is -2.26. The molecule has 1 atom stereocenters. The average molecular weight is 286 g/mol. The molecule has 0 aromatic heterocycles. The minimum atomic E-state index is 0.00537. The van der Waals surface area contributed by atoms with Gasteiger partial charge in [-0.05, 0) is 44.0 Å². The van der Waals surface area contributed by atoms with Gasteiger partial charge in [-0.2, -0.15) is 0 Å². The van der Waals surface area contributed by atoms with E-state index >= 15 is 0 Å². The van der Waals surface area contributed by atoms with Crippen LogP contribution >= 0.6 is 11.6 Å². The summed E-state index contributed by atoms with van der Waals surface area (Å²) >= 11 is 6.00. The number of methoxy groups -OCH3 is 1. The molecule has 0 aliphatic carbocycles. The van der Waals surface area contributed by atoms with Gasteiger partial charge in [-0.3, -0.25) is 4.90 Å². The highest BCUT2D eigenvalue weighted by Crippen LogP contribution is 2.35. The molecule has 4 heteroatoms. The third kappa shape index (κ3) is 4.59. The van der Waals surface area contributed by atoms with E-state index in [1.54, 1.807) is 6.07 Å². The maximum Gasteiger partial charge on any atom is 0.176 e. The van der Waals surface area contributed by atoms with E-state index in [9.17, 15) is 5.11 Å². The lowest BCUT2D eigenvalue weighted by Crippen LogP contribution is -2.29. The van der Waals surface area contributed by atoms with Gasteiger partial charge < -0.3 is 9.84 Å². The molecule has 0 heterocycles. The van der Waals surface area contributed by atoms with Crippen molar-refractivity contribution in [2.45, 2.75) is 39.8 Å². The molecule has 1 rings (SSSR count). The molecule has 1 aromatic rings. The van der Waals surface area contributed by atoms with Gasteiger partial charge in [0.2, 0.25) is 0 Å². The van der Waals surface area contributed by atoms with Crippen molar-refractivity contribution in [1.82, 2.24) is 4.90 Å². The fourth-order valence-corrected chi connectivity index (χ4v) is 2.41. The minimum Gasteiger partial charge on any atom is -0.503 e. The van der Waals surface area contributed by atoms with Crippen molar-refractivity contribution in [3.8, 4) is 11.5 Å². The Bertz CT molecular complexity index is 421. The summed E-state index contributed by atoms with van der Waals surface area (Å²) in [5.74, 6) is 1.11. The van der Waals surface area contributed by atoms with Gasteiger partial charge in [-0.1, -0.05) is 25.4 Å². The number of hydrogen-bond acceptors (Lipinski definition) is 3. The summed E-state index contributed by atoms with van der Waals surface area (Å²) in [5.41, 5.74) is 1.04. The molecular formula is C15H24ClNO2. The zero-order chi connectivity index (χ0) is 14.6. The number of halogens is 1. The highest BCUT2D eigenvalue weighted by molar-refractivity contribution is 6.32. The van der Waals surface area contributed by atoms with E-state index in [1.807, 2.05) is 6.07 Å². The van der Waals surface area contributed by atoms with Crippen LogP contribution in [0.3, 0.4) is 0 Å². The van der Waals surface area contributed by atoms with Crippen molar-refractivity contribution in [2.24, 2.45) is 5.92 Å². The van der Waals surface area contributed by atoms with Gasteiger partial charge in [0.25, 0.3) is 0 Å². The highest BCUT2D eigenvalue weighted by Gasteiger charge is 2.14. The van der Waals surface area contributed by atoms with Crippen LogP contribution in [0.4, 0.5) is 0 Å². The van der Waals surface area contributed by atoms with E-state index in [2.05, 4.69) is 32.7 Å². The molecule has 0 saturated heterocycles. The van der Waals surface area contributed by atoms with Gasteiger partial charge >= 0.3 is 0 Å². The zero-order valence-electron chi connectivity index (χ0n) is 12.4. The van der Waals surface area contributed by atoms with E-state index in [0.717, 1.165) is 18.5 Å². The van der Waals surface area contributed by atoms with Gasteiger partial charge in [-0.15, -0.1) is 0 Å². The van der Waals surface area contributed by atoms with Crippen molar-refractivity contribution < 1.29 is 9.84 Å². The fraction of sp³-hybridized carbons (Fsp3) is 0.600. The van der Waals surface area contributed by atoms with Crippen molar-refractivity contribution in [3.63, 3.8) is 0 Å². The second kappa shape index (κ2) is 7.01. The molecule has 0 amide bonds. The van der Waals surface area contributed by atoms with Crippen LogP contribution in [-0.4, -0.2) is 30.2 Å².